The first-order valence-corrected chi connectivity index (χ1v) is 10.5. The summed E-state index contributed by atoms with van der Waals surface area (Å²) in [5.41, 5.74) is 12.7. The van der Waals surface area contributed by atoms with Gasteiger partial charge in [-0.25, -0.2) is 9.78 Å². The molecule has 0 saturated carbocycles. The first-order chi connectivity index (χ1) is 13.9. The maximum absolute atomic E-state index is 12.6. The summed E-state index contributed by atoms with van der Waals surface area (Å²) in [6.07, 6.45) is 2.48. The molecule has 4 N–H and O–H groups in total. The number of carbonyl (C=O) groups is 1. The van der Waals surface area contributed by atoms with E-state index in [-0.39, 0.29) is 6.03 Å². The molecule has 0 spiro atoms. The number of benzene rings is 1. The summed E-state index contributed by atoms with van der Waals surface area (Å²) >= 11 is 1.37. The van der Waals surface area contributed by atoms with Gasteiger partial charge in [-0.05, 0) is 37.3 Å². The molecule has 2 amide bonds. The number of amides is 2. The van der Waals surface area contributed by atoms with Crippen molar-refractivity contribution in [3.05, 3.63) is 58.4 Å². The predicted molar refractivity (Wildman–Crippen MR) is 120 cm³/mol. The zero-order valence-corrected chi connectivity index (χ0v) is 18.1. The Bertz CT molecular complexity index is 981. The van der Waals surface area contributed by atoms with Crippen molar-refractivity contribution in [3.8, 4) is 11.1 Å². The second-order valence-corrected chi connectivity index (χ2v) is 8.35. The van der Waals surface area contributed by atoms with Crippen LogP contribution in [-0.2, 0) is 13.0 Å². The fraction of sp³-hybridized carbons (Fsp3) is 0.318. The van der Waals surface area contributed by atoms with Crippen molar-refractivity contribution in [2.75, 3.05) is 10.6 Å². The third kappa shape index (κ3) is 4.99. The van der Waals surface area contributed by atoms with Gasteiger partial charge in [-0.2, -0.15) is 0 Å². The molecular formula is C22H27N5OS. The summed E-state index contributed by atoms with van der Waals surface area (Å²) in [7, 11) is 0. The molecule has 6 nitrogen and oxygen atoms in total. The van der Waals surface area contributed by atoms with E-state index < -0.39 is 0 Å². The Balaban J connectivity index is 2.10. The van der Waals surface area contributed by atoms with Crippen LogP contribution >= 0.6 is 11.3 Å². The molecule has 0 atom stereocenters. The first-order valence-electron chi connectivity index (χ1n) is 9.66. The lowest BCUT2D eigenvalue weighted by Crippen LogP contribution is -2.22. The van der Waals surface area contributed by atoms with Crippen LogP contribution in [0, 0.1) is 19.8 Å². The van der Waals surface area contributed by atoms with E-state index in [9.17, 15) is 4.79 Å². The molecule has 0 fully saturated rings. The Morgan fingerprint density at radius 2 is 1.90 bits per heavy atom. The zero-order valence-electron chi connectivity index (χ0n) is 17.2. The monoisotopic (exact) mass is 409 g/mol. The van der Waals surface area contributed by atoms with Gasteiger partial charge in [0.15, 0.2) is 5.13 Å². The minimum Gasteiger partial charge on any atom is -0.326 e. The van der Waals surface area contributed by atoms with Gasteiger partial charge in [-0.15, -0.1) is 11.3 Å². The van der Waals surface area contributed by atoms with E-state index >= 15 is 0 Å². The van der Waals surface area contributed by atoms with Gasteiger partial charge in [0, 0.05) is 29.4 Å². The number of urea groups is 1. The summed E-state index contributed by atoms with van der Waals surface area (Å²) < 4.78 is 0. The fourth-order valence-corrected chi connectivity index (χ4v) is 3.82. The fourth-order valence-electron chi connectivity index (χ4n) is 3.30. The van der Waals surface area contributed by atoms with Gasteiger partial charge in [0.25, 0.3) is 0 Å². The number of aryl methyl sites for hydroxylation is 2. The highest BCUT2D eigenvalue weighted by Gasteiger charge is 2.21. The second kappa shape index (κ2) is 9.15. The largest absolute Gasteiger partial charge is 0.326 e. The third-order valence-corrected chi connectivity index (χ3v) is 5.29. The van der Waals surface area contributed by atoms with Crippen LogP contribution in [-0.4, -0.2) is 16.0 Å². The number of nitrogens with zero attached hydrogens (tertiary/aromatic N) is 2. The van der Waals surface area contributed by atoms with Crippen molar-refractivity contribution < 1.29 is 4.79 Å². The Kier molecular flexibility index (Phi) is 6.61. The minimum absolute atomic E-state index is 0.349. The molecular weight excluding hydrogens is 382 g/mol. The highest BCUT2D eigenvalue weighted by atomic mass is 32.1. The smallest absolute Gasteiger partial charge is 0.325 e. The quantitative estimate of drug-likeness (QED) is 0.526. The van der Waals surface area contributed by atoms with E-state index in [2.05, 4.69) is 60.7 Å². The molecule has 7 heteroatoms. The lowest BCUT2D eigenvalue weighted by molar-refractivity contribution is 0.262. The van der Waals surface area contributed by atoms with Crippen LogP contribution in [0.15, 0.2) is 35.8 Å². The molecule has 0 aliphatic rings. The normalized spacial score (nSPS) is 11.0. The standard InChI is InChI=1S/C22H27N5OS/c1-13(2)11-18-17(12-23)19(16-7-5-14(3)6-8-16)20(15(4)25-18)26-21(28)27-22-24-9-10-29-22/h5-10,13H,11-12,23H2,1-4H3,(H2,24,26,27,28). The molecule has 3 aromatic rings. The maximum Gasteiger partial charge on any atom is 0.325 e. The number of nitrogens with two attached hydrogens (primary N) is 1. The van der Waals surface area contributed by atoms with E-state index in [4.69, 9.17) is 10.7 Å². The van der Waals surface area contributed by atoms with E-state index in [0.717, 1.165) is 34.5 Å². The average molecular weight is 410 g/mol. The van der Waals surface area contributed by atoms with Crippen molar-refractivity contribution in [1.82, 2.24) is 9.97 Å². The van der Waals surface area contributed by atoms with Crippen LogP contribution in [0.5, 0.6) is 0 Å². The topological polar surface area (TPSA) is 92.9 Å². The summed E-state index contributed by atoms with van der Waals surface area (Å²) in [4.78, 5) is 21.5. The predicted octanol–water partition coefficient (Wildman–Crippen LogP) is 5.12. The van der Waals surface area contributed by atoms with Crippen LogP contribution in [0.25, 0.3) is 11.1 Å². The summed E-state index contributed by atoms with van der Waals surface area (Å²) in [6, 6.07) is 7.90. The van der Waals surface area contributed by atoms with E-state index in [0.29, 0.717) is 23.3 Å². The van der Waals surface area contributed by atoms with Crippen LogP contribution in [0.4, 0.5) is 15.6 Å². The minimum atomic E-state index is -0.349. The number of aromatic nitrogens is 2. The molecule has 0 bridgehead atoms. The van der Waals surface area contributed by atoms with E-state index in [1.807, 2.05) is 12.3 Å². The highest BCUT2D eigenvalue weighted by Crippen LogP contribution is 2.36. The lowest BCUT2D eigenvalue weighted by atomic mass is 9.92. The molecule has 2 heterocycles. The average Bonchev–Trinajstić information content (AvgIpc) is 3.17. The third-order valence-electron chi connectivity index (χ3n) is 4.60. The number of hydrogen-bond acceptors (Lipinski definition) is 5. The SMILES string of the molecule is Cc1ccc(-c2c(CN)c(CC(C)C)nc(C)c2NC(=O)Nc2nccs2)cc1. The summed E-state index contributed by atoms with van der Waals surface area (Å²) in [6.45, 7) is 8.64. The van der Waals surface area contributed by atoms with E-state index in [1.54, 1.807) is 6.20 Å². The van der Waals surface area contributed by atoms with Crippen molar-refractivity contribution in [3.63, 3.8) is 0 Å². The van der Waals surface area contributed by atoms with Gasteiger partial charge >= 0.3 is 6.03 Å². The van der Waals surface area contributed by atoms with Crippen LogP contribution < -0.4 is 16.4 Å². The van der Waals surface area contributed by atoms with Gasteiger partial charge in [0.05, 0.1) is 11.4 Å². The highest BCUT2D eigenvalue weighted by molar-refractivity contribution is 7.13. The number of thiazole rings is 1. The molecule has 0 unspecified atom stereocenters. The van der Waals surface area contributed by atoms with Gasteiger partial charge in [-0.3, -0.25) is 10.3 Å². The maximum atomic E-state index is 12.6. The molecule has 29 heavy (non-hydrogen) atoms. The molecule has 1 aromatic carbocycles. The van der Waals surface area contributed by atoms with Crippen LogP contribution in [0.1, 0.15) is 36.4 Å². The second-order valence-electron chi connectivity index (χ2n) is 7.46. The lowest BCUT2D eigenvalue weighted by Gasteiger charge is -2.21. The Hall–Kier alpha value is -2.77. The van der Waals surface area contributed by atoms with Gasteiger partial charge < -0.3 is 11.1 Å². The number of anilines is 2. The van der Waals surface area contributed by atoms with Crippen molar-refractivity contribution in [2.45, 2.75) is 40.7 Å². The summed E-state index contributed by atoms with van der Waals surface area (Å²) in [5, 5.41) is 8.11. The number of carbonyl (C=O) groups excluding carboxylic acids is 1. The van der Waals surface area contributed by atoms with Crippen LogP contribution in [0.2, 0.25) is 0 Å². The van der Waals surface area contributed by atoms with Crippen LogP contribution in [0.3, 0.4) is 0 Å². The van der Waals surface area contributed by atoms with Gasteiger partial charge in [0.1, 0.15) is 0 Å². The van der Waals surface area contributed by atoms with Crippen molar-refractivity contribution >= 4 is 28.2 Å². The molecule has 0 radical (unpaired) electrons. The number of hydrogen-bond donors (Lipinski definition) is 3. The first kappa shape index (κ1) is 21.0. The Morgan fingerprint density at radius 1 is 1.17 bits per heavy atom. The zero-order chi connectivity index (χ0) is 21.0. The molecule has 0 aliphatic heterocycles. The molecule has 152 valence electrons. The number of nitrogens with one attached hydrogen (secondary N) is 2. The Morgan fingerprint density at radius 3 is 2.48 bits per heavy atom. The Labute approximate surface area is 175 Å². The molecule has 2 aromatic heterocycles. The van der Waals surface area contributed by atoms with E-state index in [1.165, 1.54) is 16.9 Å². The van der Waals surface area contributed by atoms with Gasteiger partial charge in [-0.1, -0.05) is 43.7 Å². The number of pyridine rings is 1. The van der Waals surface area contributed by atoms with Gasteiger partial charge in [0.2, 0.25) is 0 Å². The number of rotatable bonds is 6. The molecule has 0 saturated heterocycles. The summed E-state index contributed by atoms with van der Waals surface area (Å²) in [5.74, 6) is 0.449. The van der Waals surface area contributed by atoms with Crippen molar-refractivity contribution in [1.29, 1.82) is 0 Å². The molecule has 3 rings (SSSR count). The van der Waals surface area contributed by atoms with Crippen molar-refractivity contribution in [2.24, 2.45) is 11.7 Å². The molecule has 0 aliphatic carbocycles.